The van der Waals surface area contributed by atoms with Gasteiger partial charge in [-0.1, -0.05) is 0 Å². The number of aromatic nitrogens is 3. The zero-order valence-corrected chi connectivity index (χ0v) is 13.5. The highest BCUT2D eigenvalue weighted by atomic mass is 16.4. The summed E-state index contributed by atoms with van der Waals surface area (Å²) in [6.07, 6.45) is 1.74. The van der Waals surface area contributed by atoms with E-state index in [0.717, 1.165) is 0 Å². The summed E-state index contributed by atoms with van der Waals surface area (Å²) < 4.78 is 7.07. The van der Waals surface area contributed by atoms with E-state index in [1.807, 2.05) is 0 Å². The van der Waals surface area contributed by atoms with Crippen molar-refractivity contribution < 1.29 is 19.1 Å². The molecule has 134 valence electrons. The van der Waals surface area contributed by atoms with Crippen LogP contribution in [-0.4, -0.2) is 38.4 Å². The summed E-state index contributed by atoms with van der Waals surface area (Å²) in [5.41, 5.74) is 0.240. The third-order valence-corrected chi connectivity index (χ3v) is 3.55. The molecule has 1 aromatic carbocycles. The summed E-state index contributed by atoms with van der Waals surface area (Å²) in [4.78, 5) is 38.7. The Morgan fingerprint density at radius 1 is 1.23 bits per heavy atom. The van der Waals surface area contributed by atoms with Crippen LogP contribution in [-0.2, 0) is 13.1 Å². The van der Waals surface area contributed by atoms with Gasteiger partial charge in [-0.05, 0) is 18.2 Å². The smallest absolute Gasteiger partial charge is 0.405 e. The number of carboxylic acid groups (broad SMARTS) is 1. The van der Waals surface area contributed by atoms with Gasteiger partial charge in [-0.3, -0.25) is 14.3 Å². The molecule has 0 radical (unpaired) electrons. The zero-order chi connectivity index (χ0) is 18.5. The van der Waals surface area contributed by atoms with Crippen LogP contribution in [0.4, 0.5) is 4.79 Å². The maximum atomic E-state index is 12.2. The topological polar surface area (TPSA) is 139 Å². The van der Waals surface area contributed by atoms with Crippen molar-refractivity contribution >= 4 is 23.0 Å². The molecule has 2 amide bonds. The van der Waals surface area contributed by atoms with Gasteiger partial charge in [0, 0.05) is 18.2 Å². The second kappa shape index (κ2) is 7.47. The van der Waals surface area contributed by atoms with Crippen molar-refractivity contribution in [2.24, 2.45) is 0 Å². The minimum absolute atomic E-state index is 0.120. The molecule has 0 aliphatic carbocycles. The number of nitrogens with zero attached hydrogens (tertiary/aromatic N) is 3. The van der Waals surface area contributed by atoms with Gasteiger partial charge in [0.25, 0.3) is 5.91 Å². The minimum atomic E-state index is -1.22. The van der Waals surface area contributed by atoms with Gasteiger partial charge in [0.15, 0.2) is 5.43 Å². The molecule has 0 aliphatic rings. The van der Waals surface area contributed by atoms with Gasteiger partial charge in [-0.15, -0.1) is 0 Å². The molecule has 0 spiro atoms. The first-order valence-electron chi connectivity index (χ1n) is 7.67. The number of fused-ring (bicyclic) bond motifs is 1. The molecule has 0 aliphatic heterocycles. The third kappa shape index (κ3) is 4.04. The highest BCUT2D eigenvalue weighted by Gasteiger charge is 2.11. The van der Waals surface area contributed by atoms with Crippen molar-refractivity contribution in [3.05, 3.63) is 58.5 Å². The van der Waals surface area contributed by atoms with Crippen LogP contribution in [0.2, 0.25) is 0 Å². The molecule has 2 heterocycles. The summed E-state index contributed by atoms with van der Waals surface area (Å²) in [6, 6.07) is 5.68. The highest BCUT2D eigenvalue weighted by molar-refractivity contribution is 5.97. The monoisotopic (exact) mass is 357 g/mol. The van der Waals surface area contributed by atoms with Crippen LogP contribution in [0.1, 0.15) is 16.1 Å². The molecule has 0 saturated carbocycles. The van der Waals surface area contributed by atoms with Crippen LogP contribution in [0.25, 0.3) is 11.0 Å². The van der Waals surface area contributed by atoms with E-state index >= 15 is 0 Å². The molecule has 0 unspecified atom stereocenters. The maximum Gasteiger partial charge on any atom is 0.405 e. The lowest BCUT2D eigenvalue weighted by molar-refractivity contribution is 0.0952. The summed E-state index contributed by atoms with van der Waals surface area (Å²) in [5.74, 6) is -0.141. The van der Waals surface area contributed by atoms with Crippen LogP contribution < -0.4 is 16.1 Å². The molecule has 3 rings (SSSR count). The fraction of sp³-hybridized carbons (Fsp3) is 0.188. The number of rotatable bonds is 6. The molecule has 2 aromatic heterocycles. The fourth-order valence-corrected chi connectivity index (χ4v) is 2.33. The molecule has 0 atom stereocenters. The average Bonchev–Trinajstić information content (AvgIpc) is 3.13. The Bertz CT molecular complexity index is 996. The number of hydrogen-bond donors (Lipinski definition) is 3. The van der Waals surface area contributed by atoms with Crippen LogP contribution in [0.5, 0.6) is 0 Å². The number of hydrogen-bond acceptors (Lipinski definition) is 6. The van der Waals surface area contributed by atoms with Gasteiger partial charge in [0.2, 0.25) is 0 Å². The molecule has 10 heteroatoms. The molecule has 3 N–H and O–H groups in total. The lowest BCUT2D eigenvalue weighted by Gasteiger charge is -2.07. The lowest BCUT2D eigenvalue weighted by atomic mass is 10.1. The normalized spacial score (nSPS) is 10.6. The van der Waals surface area contributed by atoms with Gasteiger partial charge >= 0.3 is 6.09 Å². The quantitative estimate of drug-likeness (QED) is 0.586. The van der Waals surface area contributed by atoms with Crippen LogP contribution >= 0.6 is 0 Å². The van der Waals surface area contributed by atoms with E-state index in [1.165, 1.54) is 30.6 Å². The van der Waals surface area contributed by atoms with Crippen LogP contribution in [0.3, 0.4) is 0 Å². The van der Waals surface area contributed by atoms with Crippen molar-refractivity contribution in [2.75, 3.05) is 6.54 Å². The van der Waals surface area contributed by atoms with E-state index in [-0.39, 0.29) is 34.6 Å². The Morgan fingerprint density at radius 2 is 2.08 bits per heavy atom. The SMILES string of the molecule is O=C(O)NCc1cc(=O)c2cc(C(=O)NCCn3cncn3)ccc2o1. The standard InChI is InChI=1S/C16H15N5O5/c22-13-6-11(7-19-16(24)25)26-14-2-1-10(5-12(13)14)15(23)18-3-4-21-9-17-8-20-21/h1-2,5-6,8-9,19H,3-4,7H2,(H,18,23)(H,24,25). The molecule has 10 nitrogen and oxygen atoms in total. The summed E-state index contributed by atoms with van der Waals surface area (Å²) in [6.45, 7) is 0.709. The summed E-state index contributed by atoms with van der Waals surface area (Å²) in [7, 11) is 0. The molecule has 0 saturated heterocycles. The Balaban J connectivity index is 1.72. The van der Waals surface area contributed by atoms with E-state index in [0.29, 0.717) is 18.7 Å². The Kier molecular flexibility index (Phi) is 4.92. The van der Waals surface area contributed by atoms with E-state index < -0.39 is 6.09 Å². The maximum absolute atomic E-state index is 12.2. The van der Waals surface area contributed by atoms with Crippen molar-refractivity contribution in [3.63, 3.8) is 0 Å². The predicted octanol–water partition coefficient (Wildman–Crippen LogP) is 0.582. The first-order chi connectivity index (χ1) is 12.5. The molecule has 3 aromatic rings. The predicted molar refractivity (Wildman–Crippen MR) is 89.7 cm³/mol. The van der Waals surface area contributed by atoms with Crippen LogP contribution in [0, 0.1) is 0 Å². The third-order valence-electron chi connectivity index (χ3n) is 3.55. The van der Waals surface area contributed by atoms with E-state index in [4.69, 9.17) is 9.52 Å². The summed E-state index contributed by atoms with van der Waals surface area (Å²) >= 11 is 0. The van der Waals surface area contributed by atoms with Gasteiger partial charge in [-0.25, -0.2) is 9.78 Å². The van der Waals surface area contributed by atoms with Crippen molar-refractivity contribution in [1.82, 2.24) is 25.4 Å². The zero-order valence-electron chi connectivity index (χ0n) is 13.5. The summed E-state index contributed by atoms with van der Waals surface area (Å²) in [5, 5.41) is 17.6. The Hall–Kier alpha value is -3.69. The number of amides is 2. The van der Waals surface area contributed by atoms with E-state index in [1.54, 1.807) is 11.0 Å². The van der Waals surface area contributed by atoms with Gasteiger partial charge in [-0.2, -0.15) is 5.10 Å². The second-order valence-corrected chi connectivity index (χ2v) is 5.36. The first kappa shape index (κ1) is 17.1. The molecule has 26 heavy (non-hydrogen) atoms. The number of carbonyl (C=O) groups excluding carboxylic acids is 1. The fourth-order valence-electron chi connectivity index (χ4n) is 2.33. The molecular weight excluding hydrogens is 342 g/mol. The average molecular weight is 357 g/mol. The van der Waals surface area contributed by atoms with E-state index in [9.17, 15) is 14.4 Å². The Labute approximate surface area is 146 Å². The minimum Gasteiger partial charge on any atom is -0.465 e. The van der Waals surface area contributed by atoms with Gasteiger partial charge in [0.1, 0.15) is 24.0 Å². The highest BCUT2D eigenvalue weighted by Crippen LogP contribution is 2.14. The number of benzene rings is 1. The van der Waals surface area contributed by atoms with Gasteiger partial charge < -0.3 is 20.2 Å². The molecular formula is C16H15N5O5. The van der Waals surface area contributed by atoms with Gasteiger partial charge in [0.05, 0.1) is 18.5 Å². The van der Waals surface area contributed by atoms with Crippen LogP contribution in [0.15, 0.2) is 46.1 Å². The van der Waals surface area contributed by atoms with Crippen molar-refractivity contribution in [1.29, 1.82) is 0 Å². The van der Waals surface area contributed by atoms with Crippen molar-refractivity contribution in [2.45, 2.75) is 13.1 Å². The van der Waals surface area contributed by atoms with E-state index in [2.05, 4.69) is 20.7 Å². The lowest BCUT2D eigenvalue weighted by Crippen LogP contribution is -2.27. The second-order valence-electron chi connectivity index (χ2n) is 5.36. The largest absolute Gasteiger partial charge is 0.465 e. The number of carbonyl (C=O) groups is 2. The Morgan fingerprint density at radius 3 is 2.81 bits per heavy atom. The molecule has 0 fully saturated rings. The first-order valence-corrected chi connectivity index (χ1v) is 7.67. The molecule has 0 bridgehead atoms. The van der Waals surface area contributed by atoms with Crippen molar-refractivity contribution in [3.8, 4) is 0 Å². The number of nitrogens with one attached hydrogen (secondary N) is 2.